The second-order valence-electron chi connectivity index (χ2n) is 34.7. The first-order valence-electron chi connectivity index (χ1n) is 37.9. The molecule has 2 bridgehead atoms. The van der Waals surface area contributed by atoms with Gasteiger partial charge in [0.15, 0.2) is 11.4 Å². The maximum atomic E-state index is 16.0. The first kappa shape index (κ1) is 78.6. The summed E-state index contributed by atoms with van der Waals surface area (Å²) in [5.74, 6) is -1.36. The topological polar surface area (TPSA) is 247 Å². The average molecular weight is 1420 g/mol. The summed E-state index contributed by atoms with van der Waals surface area (Å²) in [6.45, 7) is 27.4. The molecule has 19 atom stereocenters. The molecule has 0 aromatic heterocycles. The van der Waals surface area contributed by atoms with E-state index in [1.54, 1.807) is 103 Å². The lowest BCUT2D eigenvalue weighted by atomic mass is 9.44. The third kappa shape index (κ3) is 15.5. The summed E-state index contributed by atoms with van der Waals surface area (Å²) in [5, 5.41) is 19.9. The molecular weight excluding hydrogens is 1300 g/mol. The van der Waals surface area contributed by atoms with Crippen LogP contribution in [0.5, 0.6) is 0 Å². The quantitative estimate of drug-likeness (QED) is 0.0343. The number of hydrogen-bond acceptors (Lipinski definition) is 17. The molecule has 5 saturated carbocycles. The highest BCUT2D eigenvalue weighted by atomic mass is 16.6. The van der Waals surface area contributed by atoms with Crippen molar-refractivity contribution in [2.45, 2.75) is 252 Å². The molecule has 1 saturated heterocycles. The predicted octanol–water partition coefficient (Wildman–Crippen LogP) is 12.5. The fourth-order valence-corrected chi connectivity index (χ4v) is 20.5. The normalized spacial score (nSPS) is 34.0. The van der Waals surface area contributed by atoms with Crippen molar-refractivity contribution < 1.29 is 85.8 Å². The molecule has 564 valence electrons. The first-order valence-corrected chi connectivity index (χ1v) is 37.9. The van der Waals surface area contributed by atoms with Crippen LogP contribution in [0, 0.1) is 63.1 Å². The summed E-state index contributed by atoms with van der Waals surface area (Å²) in [6.07, 6.45) is 6.06. The number of allylic oxidation sites excluding steroid dienone is 1. The van der Waals surface area contributed by atoms with Gasteiger partial charge in [-0.1, -0.05) is 128 Å². The van der Waals surface area contributed by atoms with Gasteiger partial charge in [0.05, 0.1) is 75.9 Å². The summed E-state index contributed by atoms with van der Waals surface area (Å²) < 4.78 is 57.2. The molecule has 1 aliphatic heterocycles. The number of quaternary nitrogens is 1. The van der Waals surface area contributed by atoms with Crippen LogP contribution < -0.4 is 10.6 Å². The molecule has 3 N–H and O–H groups in total. The van der Waals surface area contributed by atoms with Crippen molar-refractivity contribution in [3.05, 3.63) is 94.6 Å². The summed E-state index contributed by atoms with van der Waals surface area (Å²) in [5.41, 5.74) is -5.10. The van der Waals surface area contributed by atoms with Crippen molar-refractivity contribution in [3.8, 4) is 0 Å². The van der Waals surface area contributed by atoms with Gasteiger partial charge in [-0.15, -0.1) is 0 Å². The number of amides is 2. The van der Waals surface area contributed by atoms with Crippen molar-refractivity contribution in [1.29, 1.82) is 0 Å². The van der Waals surface area contributed by atoms with E-state index < -0.39 is 131 Å². The van der Waals surface area contributed by atoms with E-state index in [-0.39, 0.29) is 47.7 Å². The Bertz CT molecular complexity index is 3440. The number of nitrogens with zero attached hydrogens (tertiary/aromatic N) is 1. The second-order valence-corrected chi connectivity index (χ2v) is 34.7. The minimum absolute atomic E-state index is 0.0791. The largest absolute Gasteiger partial charge is 0.455 e. The summed E-state index contributed by atoms with van der Waals surface area (Å²) >= 11 is 0. The van der Waals surface area contributed by atoms with Gasteiger partial charge in [0.1, 0.15) is 48.2 Å². The van der Waals surface area contributed by atoms with Gasteiger partial charge in [-0.3, -0.25) is 19.2 Å². The molecule has 10 rings (SSSR count). The molecule has 2 amide bonds. The number of carbonyl (C=O) groups excluding carboxylic acids is 7. The van der Waals surface area contributed by atoms with Gasteiger partial charge < -0.3 is 62.9 Å². The van der Waals surface area contributed by atoms with Crippen LogP contribution in [0.15, 0.2) is 83.5 Å². The Morgan fingerprint density at radius 2 is 1.53 bits per heavy atom. The van der Waals surface area contributed by atoms with Crippen molar-refractivity contribution in [2.75, 3.05) is 61.2 Å². The van der Waals surface area contributed by atoms with Gasteiger partial charge in [-0.05, 0) is 161 Å². The van der Waals surface area contributed by atoms with Crippen LogP contribution >= 0.6 is 0 Å². The van der Waals surface area contributed by atoms with Crippen LogP contribution in [-0.4, -0.2) is 172 Å². The number of ether oxygens (including phenoxy) is 9. The van der Waals surface area contributed by atoms with Gasteiger partial charge in [0.2, 0.25) is 12.0 Å². The molecule has 0 spiro atoms. The van der Waals surface area contributed by atoms with E-state index in [1.807, 2.05) is 0 Å². The third-order valence-corrected chi connectivity index (χ3v) is 26.2. The number of alkyl carbamates (subject to hydrolysis) is 1. The van der Waals surface area contributed by atoms with Crippen molar-refractivity contribution in [2.24, 2.45) is 63.1 Å². The minimum Gasteiger partial charge on any atom is -0.455 e. The maximum absolute atomic E-state index is 16.0. The molecule has 20 nitrogen and oxygen atoms in total. The number of carbonyl (C=O) groups is 7. The van der Waals surface area contributed by atoms with E-state index >= 15 is 9.59 Å². The zero-order chi connectivity index (χ0) is 74.3. The number of Topliss-reactive ketones (excluding diaryl/α,β-unsaturated/α-hetero) is 1. The highest BCUT2D eigenvalue weighted by Crippen LogP contribution is 2.69. The molecule has 8 aliphatic rings. The van der Waals surface area contributed by atoms with Gasteiger partial charge in [0.25, 0.3) is 0 Å². The van der Waals surface area contributed by atoms with E-state index in [2.05, 4.69) is 65.4 Å². The summed E-state index contributed by atoms with van der Waals surface area (Å²) in [6, 6.07) is 14.9. The Kier molecular flexibility index (Phi) is 23.7. The number of ketones is 1. The van der Waals surface area contributed by atoms with Gasteiger partial charge in [-0.2, -0.15) is 0 Å². The zero-order valence-electron chi connectivity index (χ0n) is 64.1. The number of aliphatic hydroxyl groups is 1. The van der Waals surface area contributed by atoms with Gasteiger partial charge in [-0.25, -0.2) is 14.4 Å². The molecule has 1 heterocycles. The number of methoxy groups -OCH3 is 2. The Balaban J connectivity index is 0.826. The third-order valence-electron chi connectivity index (χ3n) is 26.2. The molecule has 2 aromatic carbocycles. The van der Waals surface area contributed by atoms with Crippen LogP contribution in [0.3, 0.4) is 0 Å². The Hall–Kier alpha value is -6.03. The number of rotatable bonds is 26. The van der Waals surface area contributed by atoms with E-state index in [9.17, 15) is 29.1 Å². The molecule has 6 fully saturated rings. The summed E-state index contributed by atoms with van der Waals surface area (Å²) in [7, 11) is 7.00. The first-order chi connectivity index (χ1) is 48.0. The Labute approximate surface area is 606 Å². The van der Waals surface area contributed by atoms with E-state index in [0.717, 1.165) is 54.9 Å². The molecule has 0 radical (unpaired) electrons. The number of nitrogens with one attached hydrogen (secondary N) is 2. The van der Waals surface area contributed by atoms with E-state index in [1.165, 1.54) is 91.1 Å². The molecular formula is C82H120N3O17+. The van der Waals surface area contributed by atoms with Crippen molar-refractivity contribution >= 4 is 41.7 Å². The number of fused-ring (bicyclic) bond motifs is 10. The highest BCUT2D eigenvalue weighted by molar-refractivity contribution is 5.94. The van der Waals surface area contributed by atoms with Gasteiger partial charge >= 0.3 is 30.0 Å². The molecule has 20 heteroatoms. The molecule has 3 unspecified atom stereocenters. The van der Waals surface area contributed by atoms with Gasteiger partial charge in [0, 0.05) is 45.8 Å². The standard InChI is InChI=1S/C82H119N3O17/c1-49(2)25-24-26-50(3)58-33-34-59-57-32-31-55-45-56(37-39-78(55,11)60(57)38-40-79(58,59)12)96-44-43-85(14,15)42-41-83-64(87)35-36-65(88)99-69(67(53-27-20-18-21-28-53)84-75(92)102-76(6,7)8)74(91)98-61-47-82(93)72(100-73(90)54-29-22-19-23-30-54)70-80(13,71(89)68(95-17)66(51(61)4)77(82,9)10)62(94-16)46-63-81(70,48-97-63)101-52(5)86/h18-23,27-31,49-50,56-63,67-70,72,93H,24-26,32-48H2,1-17H3,(H-,83,84,87,92)/p+1/t50-,56+,57?,58-,59?,60?,61+,62+,63-,67+,68-,69-,70+,72+,78+,79-,80-,81+,82-/m1/s1. The van der Waals surface area contributed by atoms with E-state index in [4.69, 9.17) is 42.6 Å². The number of benzene rings is 2. The van der Waals surface area contributed by atoms with Crippen LogP contribution in [0.25, 0.3) is 0 Å². The fourth-order valence-electron chi connectivity index (χ4n) is 20.5. The predicted molar refractivity (Wildman–Crippen MR) is 384 cm³/mol. The minimum atomic E-state index is -2.34. The van der Waals surface area contributed by atoms with Crippen molar-refractivity contribution in [3.63, 3.8) is 0 Å². The van der Waals surface area contributed by atoms with E-state index in [0.29, 0.717) is 35.2 Å². The summed E-state index contributed by atoms with van der Waals surface area (Å²) in [4.78, 5) is 102. The van der Waals surface area contributed by atoms with Crippen LogP contribution in [0.2, 0.25) is 0 Å². The van der Waals surface area contributed by atoms with Crippen molar-refractivity contribution in [1.82, 2.24) is 10.6 Å². The number of likely N-dealkylation sites (N-methyl/N-ethyl adjacent to an activating group) is 1. The zero-order valence-corrected chi connectivity index (χ0v) is 64.1. The average Bonchev–Trinajstić information content (AvgIpc) is 0.756. The monoisotopic (exact) mass is 1420 g/mol. The number of esters is 4. The Morgan fingerprint density at radius 1 is 0.833 bits per heavy atom. The smallest absolute Gasteiger partial charge is 0.408 e. The maximum Gasteiger partial charge on any atom is 0.408 e. The number of hydrogen-bond donors (Lipinski definition) is 3. The lowest BCUT2D eigenvalue weighted by Gasteiger charge is -2.67. The lowest BCUT2D eigenvalue weighted by Crippen LogP contribution is -2.82. The van der Waals surface area contributed by atoms with Crippen LogP contribution in [0.4, 0.5) is 4.79 Å². The second kappa shape index (κ2) is 30.8. The lowest BCUT2D eigenvalue weighted by molar-refractivity contribution is -0.889. The van der Waals surface area contributed by atoms with Crippen LogP contribution in [0.1, 0.15) is 208 Å². The molecule has 102 heavy (non-hydrogen) atoms. The SMILES string of the molecule is CO[C@H]1C(=O)[C@]2(C)[C@@H](OC)C[C@H]3OC[C@@]3(OC(C)=O)[C@H]2[C@H](OC(=O)c2ccccc2)[C@]2(O)C[C@H](OC(=O)[C@H](OC(=O)CCC(=O)NCC[N+](C)(C)CCO[C@H]3CC[C@@]4(C)C(=CCC5C4CC[C@@]4(C)C5CC[C@@H]4[C@H](C)CCCC(C)C)C3)[C@@H](NC(=O)OC(C)(C)C)c3ccccc3)C(C)=C1C2(C)C. The highest BCUT2D eigenvalue weighted by Gasteiger charge is 2.78. The molecule has 7 aliphatic carbocycles. The molecule has 2 aromatic rings. The van der Waals surface area contributed by atoms with Crippen LogP contribution in [-0.2, 0) is 66.6 Å². The Morgan fingerprint density at radius 3 is 2.17 bits per heavy atom. The fraction of sp³-hybridized carbons (Fsp3) is 0.720.